The molecule has 2 heteroatoms. The van der Waals surface area contributed by atoms with Crippen LogP contribution in [0.2, 0.25) is 0 Å². The first kappa shape index (κ1) is 11.8. The Morgan fingerprint density at radius 1 is 1.40 bits per heavy atom. The summed E-state index contributed by atoms with van der Waals surface area (Å²) < 4.78 is 4.86. The molecular weight excluding hydrogens is 188 g/mol. The van der Waals surface area contributed by atoms with Crippen molar-refractivity contribution in [1.29, 1.82) is 0 Å². The van der Waals surface area contributed by atoms with Crippen molar-refractivity contribution in [2.45, 2.75) is 33.1 Å². The highest BCUT2D eigenvalue weighted by Crippen LogP contribution is 2.08. The first-order valence-corrected chi connectivity index (χ1v) is 5.43. The summed E-state index contributed by atoms with van der Waals surface area (Å²) in [7, 11) is 0. The number of esters is 1. The molecule has 0 saturated heterocycles. The van der Waals surface area contributed by atoms with Gasteiger partial charge in [-0.05, 0) is 32.3 Å². The van der Waals surface area contributed by atoms with Crippen LogP contribution in [0.4, 0.5) is 0 Å². The van der Waals surface area contributed by atoms with Gasteiger partial charge in [-0.3, -0.25) is 4.79 Å². The minimum atomic E-state index is -0.0925. The number of carbonyl (C=O) groups excluding carboxylic acids is 1. The predicted octanol–water partition coefficient (Wildman–Crippen LogP) is 2.88. The first-order chi connectivity index (χ1) is 7.22. The zero-order valence-electron chi connectivity index (χ0n) is 9.45. The van der Waals surface area contributed by atoms with Crippen LogP contribution in [0.5, 0.6) is 0 Å². The van der Waals surface area contributed by atoms with Crippen LogP contribution in [0, 0.1) is 6.92 Å². The summed E-state index contributed by atoms with van der Waals surface area (Å²) in [4.78, 5) is 11.1. The third-order valence-electron chi connectivity index (χ3n) is 2.23. The quantitative estimate of drug-likeness (QED) is 0.692. The van der Waals surface area contributed by atoms with E-state index in [1.807, 2.05) is 6.92 Å². The van der Waals surface area contributed by atoms with Gasteiger partial charge in [0.1, 0.15) is 0 Å². The van der Waals surface area contributed by atoms with Crippen molar-refractivity contribution >= 4 is 5.97 Å². The van der Waals surface area contributed by atoms with Gasteiger partial charge >= 0.3 is 5.97 Å². The average molecular weight is 206 g/mol. The van der Waals surface area contributed by atoms with Crippen molar-refractivity contribution in [2.24, 2.45) is 0 Å². The largest absolute Gasteiger partial charge is 0.466 e. The molecule has 0 aliphatic carbocycles. The number of benzene rings is 1. The van der Waals surface area contributed by atoms with E-state index in [0.717, 1.165) is 12.8 Å². The lowest BCUT2D eigenvalue weighted by molar-refractivity contribution is -0.143. The molecular formula is C13H18O2. The number of hydrogen-bond donors (Lipinski definition) is 0. The average Bonchev–Trinajstić information content (AvgIpc) is 2.18. The maximum atomic E-state index is 11.1. The lowest BCUT2D eigenvalue weighted by atomic mass is 10.1. The highest BCUT2D eigenvalue weighted by atomic mass is 16.5. The highest BCUT2D eigenvalue weighted by molar-refractivity contribution is 5.69. The molecule has 1 aromatic rings. The van der Waals surface area contributed by atoms with E-state index >= 15 is 0 Å². The summed E-state index contributed by atoms with van der Waals surface area (Å²) >= 11 is 0. The fraction of sp³-hybridized carbons (Fsp3) is 0.462. The van der Waals surface area contributed by atoms with E-state index in [4.69, 9.17) is 4.74 Å². The lowest BCUT2D eigenvalue weighted by Gasteiger charge is -2.03. The molecule has 0 N–H and O–H groups in total. The monoisotopic (exact) mass is 206 g/mol. The molecule has 0 aliphatic rings. The maximum absolute atomic E-state index is 11.1. The van der Waals surface area contributed by atoms with Crippen LogP contribution in [0.3, 0.4) is 0 Å². The van der Waals surface area contributed by atoms with Crippen LogP contribution < -0.4 is 0 Å². The smallest absolute Gasteiger partial charge is 0.305 e. The second-order valence-corrected chi connectivity index (χ2v) is 3.65. The van der Waals surface area contributed by atoms with Gasteiger partial charge in [0.25, 0.3) is 0 Å². The van der Waals surface area contributed by atoms with E-state index in [1.54, 1.807) is 0 Å². The Morgan fingerprint density at radius 3 is 2.87 bits per heavy atom. The number of rotatable bonds is 5. The van der Waals surface area contributed by atoms with Gasteiger partial charge in [-0.25, -0.2) is 0 Å². The number of carbonyl (C=O) groups is 1. The minimum absolute atomic E-state index is 0.0925. The zero-order valence-corrected chi connectivity index (χ0v) is 9.45. The van der Waals surface area contributed by atoms with Crippen molar-refractivity contribution in [2.75, 3.05) is 6.61 Å². The maximum Gasteiger partial charge on any atom is 0.305 e. The van der Waals surface area contributed by atoms with E-state index in [9.17, 15) is 4.79 Å². The Morgan fingerprint density at radius 2 is 2.20 bits per heavy atom. The molecule has 2 nitrogen and oxygen atoms in total. The molecule has 0 radical (unpaired) electrons. The summed E-state index contributed by atoms with van der Waals surface area (Å²) in [5.74, 6) is -0.0925. The first-order valence-electron chi connectivity index (χ1n) is 5.43. The SMILES string of the molecule is CCOC(=O)CCCc1cccc(C)c1. The predicted molar refractivity (Wildman–Crippen MR) is 60.8 cm³/mol. The topological polar surface area (TPSA) is 26.3 Å². The minimum Gasteiger partial charge on any atom is -0.466 e. The molecule has 0 aliphatic heterocycles. The van der Waals surface area contributed by atoms with Gasteiger partial charge in [0.2, 0.25) is 0 Å². The molecule has 1 aromatic carbocycles. The molecule has 0 unspecified atom stereocenters. The van der Waals surface area contributed by atoms with E-state index in [-0.39, 0.29) is 5.97 Å². The Labute approximate surface area is 91.3 Å². The molecule has 0 atom stereocenters. The van der Waals surface area contributed by atoms with Crippen molar-refractivity contribution in [3.05, 3.63) is 35.4 Å². The lowest BCUT2D eigenvalue weighted by Crippen LogP contribution is -2.03. The molecule has 15 heavy (non-hydrogen) atoms. The van der Waals surface area contributed by atoms with E-state index in [0.29, 0.717) is 13.0 Å². The van der Waals surface area contributed by atoms with Crippen molar-refractivity contribution < 1.29 is 9.53 Å². The summed E-state index contributed by atoms with van der Waals surface area (Å²) in [5, 5.41) is 0. The van der Waals surface area contributed by atoms with Crippen LogP contribution in [-0.2, 0) is 16.0 Å². The molecule has 0 spiro atoms. The van der Waals surface area contributed by atoms with Crippen LogP contribution in [0.15, 0.2) is 24.3 Å². The zero-order chi connectivity index (χ0) is 11.1. The van der Waals surface area contributed by atoms with E-state index < -0.39 is 0 Å². The van der Waals surface area contributed by atoms with Gasteiger partial charge in [0, 0.05) is 6.42 Å². The third-order valence-corrected chi connectivity index (χ3v) is 2.23. The summed E-state index contributed by atoms with van der Waals surface area (Å²) in [6, 6.07) is 8.38. The van der Waals surface area contributed by atoms with E-state index in [2.05, 4.69) is 31.2 Å². The molecule has 0 saturated carbocycles. The van der Waals surface area contributed by atoms with Gasteiger partial charge in [-0.2, -0.15) is 0 Å². The normalized spacial score (nSPS) is 10.0. The Hall–Kier alpha value is -1.31. The highest BCUT2D eigenvalue weighted by Gasteiger charge is 2.01. The Bertz CT molecular complexity index is 318. The van der Waals surface area contributed by atoms with Crippen molar-refractivity contribution in [1.82, 2.24) is 0 Å². The summed E-state index contributed by atoms with van der Waals surface area (Å²) in [6.45, 7) is 4.39. The van der Waals surface area contributed by atoms with Gasteiger partial charge in [0.15, 0.2) is 0 Å². The standard InChI is InChI=1S/C13H18O2/c1-3-15-13(14)9-5-8-12-7-4-6-11(2)10-12/h4,6-7,10H,3,5,8-9H2,1-2H3. The van der Waals surface area contributed by atoms with Gasteiger partial charge in [0.05, 0.1) is 6.61 Å². The molecule has 0 fully saturated rings. The molecule has 1 rings (SSSR count). The van der Waals surface area contributed by atoms with Crippen LogP contribution in [0.25, 0.3) is 0 Å². The van der Waals surface area contributed by atoms with Gasteiger partial charge in [-0.15, -0.1) is 0 Å². The van der Waals surface area contributed by atoms with Gasteiger partial charge in [-0.1, -0.05) is 29.8 Å². The van der Waals surface area contributed by atoms with Crippen LogP contribution in [-0.4, -0.2) is 12.6 Å². The second kappa shape index (κ2) is 6.23. The van der Waals surface area contributed by atoms with Crippen molar-refractivity contribution in [3.8, 4) is 0 Å². The summed E-state index contributed by atoms with van der Waals surface area (Å²) in [5.41, 5.74) is 2.56. The van der Waals surface area contributed by atoms with E-state index in [1.165, 1.54) is 11.1 Å². The number of aryl methyl sites for hydroxylation is 2. The number of ether oxygens (including phenoxy) is 1. The summed E-state index contributed by atoms with van der Waals surface area (Å²) in [6.07, 6.45) is 2.32. The van der Waals surface area contributed by atoms with Crippen LogP contribution in [0.1, 0.15) is 30.9 Å². The van der Waals surface area contributed by atoms with Crippen molar-refractivity contribution in [3.63, 3.8) is 0 Å². The molecule has 0 aromatic heterocycles. The Kier molecular flexibility index (Phi) is 4.88. The molecule has 0 amide bonds. The Balaban J connectivity index is 2.28. The fourth-order valence-electron chi connectivity index (χ4n) is 1.54. The molecule has 0 bridgehead atoms. The molecule has 82 valence electrons. The molecule has 0 heterocycles. The fourth-order valence-corrected chi connectivity index (χ4v) is 1.54. The second-order valence-electron chi connectivity index (χ2n) is 3.65. The van der Waals surface area contributed by atoms with Crippen LogP contribution >= 0.6 is 0 Å². The van der Waals surface area contributed by atoms with Gasteiger partial charge < -0.3 is 4.74 Å². The number of hydrogen-bond acceptors (Lipinski definition) is 2. The third kappa shape index (κ3) is 4.63.